The van der Waals surface area contributed by atoms with Crippen molar-refractivity contribution in [1.82, 2.24) is 4.98 Å². The van der Waals surface area contributed by atoms with E-state index in [9.17, 15) is 9.90 Å². The lowest BCUT2D eigenvalue weighted by molar-refractivity contribution is 0.0698. The second kappa shape index (κ2) is 5.74. The molecule has 20 heavy (non-hydrogen) atoms. The monoisotopic (exact) mass is 270 g/mol. The molecule has 1 aromatic carbocycles. The Bertz CT molecular complexity index is 650. The van der Waals surface area contributed by atoms with Crippen LogP contribution in [0.4, 0.5) is 5.82 Å². The third-order valence-corrected chi connectivity index (χ3v) is 3.23. The number of benzene rings is 1. The van der Waals surface area contributed by atoms with Gasteiger partial charge in [0.25, 0.3) is 0 Å². The molecule has 1 N–H and O–H groups in total. The van der Waals surface area contributed by atoms with Crippen LogP contribution in [-0.2, 0) is 0 Å². The fourth-order valence-corrected chi connectivity index (χ4v) is 2.26. The first-order chi connectivity index (χ1) is 9.56. The van der Waals surface area contributed by atoms with E-state index in [0.717, 1.165) is 11.2 Å². The van der Waals surface area contributed by atoms with Crippen LogP contribution in [0.5, 0.6) is 0 Å². The largest absolute Gasteiger partial charge is 0.478 e. The van der Waals surface area contributed by atoms with Gasteiger partial charge in [-0.2, -0.15) is 0 Å². The fourth-order valence-electron chi connectivity index (χ4n) is 2.26. The lowest BCUT2D eigenvalue weighted by Gasteiger charge is -2.28. The minimum Gasteiger partial charge on any atom is -0.478 e. The minimum absolute atomic E-state index is 0.228. The minimum atomic E-state index is -0.958. The molecule has 104 valence electrons. The van der Waals surface area contributed by atoms with E-state index in [1.165, 1.54) is 6.20 Å². The normalized spacial score (nSPS) is 10.8. The molecule has 0 spiro atoms. The van der Waals surface area contributed by atoms with Crippen molar-refractivity contribution in [1.29, 1.82) is 0 Å². The van der Waals surface area contributed by atoms with Gasteiger partial charge in [-0.25, -0.2) is 9.78 Å². The molecule has 2 aromatic rings. The van der Waals surface area contributed by atoms with Crippen LogP contribution in [0.15, 0.2) is 43.1 Å². The summed E-state index contributed by atoms with van der Waals surface area (Å²) in [4.78, 5) is 17.7. The maximum atomic E-state index is 11.3. The number of fused-ring (bicyclic) bond motifs is 1. The number of rotatable bonds is 5. The Morgan fingerprint density at radius 3 is 2.60 bits per heavy atom. The molecule has 0 amide bonds. The van der Waals surface area contributed by atoms with Crippen LogP contribution in [0, 0.1) is 0 Å². The van der Waals surface area contributed by atoms with Gasteiger partial charge in [0.05, 0.1) is 5.56 Å². The third-order valence-electron chi connectivity index (χ3n) is 3.23. The Hall–Kier alpha value is -2.36. The summed E-state index contributed by atoms with van der Waals surface area (Å²) in [7, 11) is 0. The Kier molecular flexibility index (Phi) is 4.03. The number of carboxylic acid groups (broad SMARTS) is 1. The topological polar surface area (TPSA) is 53.4 Å². The lowest BCUT2D eigenvalue weighted by Crippen LogP contribution is -2.31. The molecule has 0 aliphatic carbocycles. The molecule has 0 saturated heterocycles. The molecule has 0 fully saturated rings. The molecule has 0 saturated carbocycles. The molecule has 0 aliphatic rings. The first-order valence-corrected chi connectivity index (χ1v) is 6.54. The van der Waals surface area contributed by atoms with Gasteiger partial charge in [0.1, 0.15) is 5.82 Å². The van der Waals surface area contributed by atoms with Gasteiger partial charge >= 0.3 is 5.97 Å². The van der Waals surface area contributed by atoms with Crippen molar-refractivity contribution in [2.75, 3.05) is 11.4 Å². The molecular weight excluding hydrogens is 252 g/mol. The zero-order valence-corrected chi connectivity index (χ0v) is 11.7. The number of hydrogen-bond donors (Lipinski definition) is 1. The average Bonchev–Trinajstić information content (AvgIpc) is 2.43. The Morgan fingerprint density at radius 2 is 2.05 bits per heavy atom. The lowest BCUT2D eigenvalue weighted by atomic mass is 10.1. The van der Waals surface area contributed by atoms with Crippen LogP contribution in [0.1, 0.15) is 24.2 Å². The second-order valence-electron chi connectivity index (χ2n) is 4.88. The molecule has 2 rings (SSSR count). The van der Waals surface area contributed by atoms with E-state index in [-0.39, 0.29) is 11.6 Å². The van der Waals surface area contributed by atoms with E-state index >= 15 is 0 Å². The summed E-state index contributed by atoms with van der Waals surface area (Å²) >= 11 is 0. The molecule has 4 nitrogen and oxygen atoms in total. The number of carbonyl (C=O) groups is 1. The van der Waals surface area contributed by atoms with Gasteiger partial charge in [0.15, 0.2) is 0 Å². The molecule has 0 atom stereocenters. The number of anilines is 1. The van der Waals surface area contributed by atoms with Gasteiger partial charge in [0.2, 0.25) is 0 Å². The highest BCUT2D eigenvalue weighted by molar-refractivity contribution is 6.06. The summed E-state index contributed by atoms with van der Waals surface area (Å²) in [6, 6.07) is 7.70. The van der Waals surface area contributed by atoms with Crippen LogP contribution >= 0.6 is 0 Å². The molecule has 1 aromatic heterocycles. The zero-order chi connectivity index (χ0) is 14.7. The zero-order valence-electron chi connectivity index (χ0n) is 11.7. The third kappa shape index (κ3) is 2.50. The van der Waals surface area contributed by atoms with Crippen molar-refractivity contribution in [3.63, 3.8) is 0 Å². The van der Waals surface area contributed by atoms with Crippen molar-refractivity contribution in [2.45, 2.75) is 19.9 Å². The number of hydrogen-bond acceptors (Lipinski definition) is 3. The average molecular weight is 270 g/mol. The van der Waals surface area contributed by atoms with Gasteiger partial charge in [-0.15, -0.1) is 6.58 Å². The van der Waals surface area contributed by atoms with Crippen LogP contribution in [0.3, 0.4) is 0 Å². The molecular formula is C16H18N2O2. The van der Waals surface area contributed by atoms with Crippen molar-refractivity contribution in [2.24, 2.45) is 0 Å². The quantitative estimate of drug-likeness (QED) is 0.847. The highest BCUT2D eigenvalue weighted by atomic mass is 16.4. The molecule has 4 heteroatoms. The van der Waals surface area contributed by atoms with Crippen molar-refractivity contribution in [3.05, 3.63) is 48.7 Å². The Morgan fingerprint density at radius 1 is 1.40 bits per heavy atom. The highest BCUT2D eigenvalue weighted by Gasteiger charge is 2.17. The van der Waals surface area contributed by atoms with Gasteiger partial charge < -0.3 is 10.0 Å². The predicted octanol–water partition coefficient (Wildman–Crippen LogP) is 3.33. The summed E-state index contributed by atoms with van der Waals surface area (Å²) in [5.41, 5.74) is 0.228. The van der Waals surface area contributed by atoms with Crippen molar-refractivity contribution in [3.8, 4) is 0 Å². The summed E-state index contributed by atoms with van der Waals surface area (Å²) in [6.45, 7) is 8.59. The Labute approximate surface area is 118 Å². The highest BCUT2D eigenvalue weighted by Crippen LogP contribution is 2.28. The van der Waals surface area contributed by atoms with E-state index in [1.807, 2.05) is 30.3 Å². The van der Waals surface area contributed by atoms with Gasteiger partial charge in [0, 0.05) is 29.6 Å². The van der Waals surface area contributed by atoms with E-state index in [0.29, 0.717) is 11.9 Å². The van der Waals surface area contributed by atoms with E-state index in [1.54, 1.807) is 0 Å². The van der Waals surface area contributed by atoms with Gasteiger partial charge in [-0.1, -0.05) is 30.3 Å². The van der Waals surface area contributed by atoms with E-state index in [4.69, 9.17) is 0 Å². The fraction of sp³-hybridized carbons (Fsp3) is 0.250. The summed E-state index contributed by atoms with van der Waals surface area (Å²) in [6.07, 6.45) is 3.25. The number of aromatic carboxylic acids is 1. The molecule has 0 radical (unpaired) electrons. The van der Waals surface area contributed by atoms with Crippen LogP contribution in [-0.4, -0.2) is 28.6 Å². The Balaban J connectivity index is 2.69. The number of aromatic nitrogens is 1. The molecule has 0 aliphatic heterocycles. The van der Waals surface area contributed by atoms with Gasteiger partial charge in [-0.05, 0) is 13.8 Å². The summed E-state index contributed by atoms with van der Waals surface area (Å²) in [5, 5.41) is 10.8. The van der Waals surface area contributed by atoms with E-state index < -0.39 is 5.97 Å². The summed E-state index contributed by atoms with van der Waals surface area (Å²) in [5.74, 6) is -0.166. The van der Waals surface area contributed by atoms with Gasteiger partial charge in [-0.3, -0.25) is 0 Å². The standard InChI is InChI=1S/C16H18N2O2/c1-4-9-18(11(2)3)15-13-8-6-5-7-12(13)14(10-17-15)16(19)20/h4-8,10-11H,1,9H2,2-3H3,(H,19,20). The second-order valence-corrected chi connectivity index (χ2v) is 4.88. The number of carboxylic acids is 1. The molecule has 1 heterocycles. The first kappa shape index (κ1) is 14.1. The maximum Gasteiger partial charge on any atom is 0.337 e. The van der Waals surface area contributed by atoms with Crippen molar-refractivity contribution < 1.29 is 9.90 Å². The van der Waals surface area contributed by atoms with Crippen molar-refractivity contribution >= 4 is 22.6 Å². The first-order valence-electron chi connectivity index (χ1n) is 6.54. The summed E-state index contributed by atoms with van der Waals surface area (Å²) < 4.78 is 0. The van der Waals surface area contributed by atoms with Crippen LogP contribution in [0.25, 0.3) is 10.8 Å². The maximum absolute atomic E-state index is 11.3. The van der Waals surface area contributed by atoms with Crippen LogP contribution < -0.4 is 4.90 Å². The number of nitrogens with zero attached hydrogens (tertiary/aromatic N) is 2. The SMILES string of the molecule is C=CCN(c1ncc(C(=O)O)c2ccccc12)C(C)C. The molecule has 0 bridgehead atoms. The van der Waals surface area contributed by atoms with Crippen LogP contribution in [0.2, 0.25) is 0 Å². The predicted molar refractivity (Wildman–Crippen MR) is 81.4 cm³/mol. The number of pyridine rings is 1. The molecule has 0 unspecified atom stereocenters. The smallest absolute Gasteiger partial charge is 0.337 e. The van der Waals surface area contributed by atoms with E-state index in [2.05, 4.69) is 30.3 Å².